The first-order valence-electron chi connectivity index (χ1n) is 4.59. The van der Waals surface area contributed by atoms with Crippen LogP contribution in [0, 0.1) is 6.92 Å². The van der Waals surface area contributed by atoms with Crippen molar-refractivity contribution in [2.45, 2.75) is 18.1 Å². The SMILES string of the molecule is Cc1nc(S(=O)(=O)N2CC(O)C2)cn1C. The lowest BCUT2D eigenvalue weighted by Gasteiger charge is -2.33. The van der Waals surface area contributed by atoms with Crippen LogP contribution < -0.4 is 0 Å². The number of aromatic nitrogens is 2. The molecule has 7 heteroatoms. The molecule has 0 amide bonds. The van der Waals surface area contributed by atoms with Crippen molar-refractivity contribution in [1.29, 1.82) is 0 Å². The molecule has 1 fully saturated rings. The van der Waals surface area contributed by atoms with Gasteiger partial charge in [-0.1, -0.05) is 0 Å². The van der Waals surface area contributed by atoms with E-state index in [1.54, 1.807) is 18.5 Å². The first-order chi connectivity index (χ1) is 6.91. The summed E-state index contributed by atoms with van der Waals surface area (Å²) in [6, 6.07) is 0. The van der Waals surface area contributed by atoms with Gasteiger partial charge in [-0.3, -0.25) is 0 Å². The van der Waals surface area contributed by atoms with Crippen LogP contribution in [0.1, 0.15) is 5.82 Å². The molecule has 1 saturated heterocycles. The molecule has 0 spiro atoms. The van der Waals surface area contributed by atoms with E-state index in [4.69, 9.17) is 5.11 Å². The summed E-state index contributed by atoms with van der Waals surface area (Å²) in [6.07, 6.45) is 0.944. The Morgan fingerprint density at radius 1 is 1.53 bits per heavy atom. The highest BCUT2D eigenvalue weighted by atomic mass is 32.2. The Bertz CT molecular complexity index is 454. The molecule has 15 heavy (non-hydrogen) atoms. The van der Waals surface area contributed by atoms with Crippen molar-refractivity contribution in [2.75, 3.05) is 13.1 Å². The summed E-state index contributed by atoms with van der Waals surface area (Å²) < 4.78 is 26.6. The van der Waals surface area contributed by atoms with Gasteiger partial charge in [-0.05, 0) is 6.92 Å². The standard InChI is InChI=1S/C8H13N3O3S/c1-6-9-8(5-10(6)2)15(13,14)11-3-7(12)4-11/h5,7,12H,3-4H2,1-2H3. The fraction of sp³-hybridized carbons (Fsp3) is 0.625. The minimum Gasteiger partial charge on any atom is -0.390 e. The summed E-state index contributed by atoms with van der Waals surface area (Å²) in [5, 5.41) is 9.11. The largest absolute Gasteiger partial charge is 0.390 e. The van der Waals surface area contributed by atoms with Crippen molar-refractivity contribution in [3.63, 3.8) is 0 Å². The number of β-amino-alcohol motifs (C(OH)–C–C–N with tert-alkyl or cyclic N) is 1. The second-order valence-electron chi connectivity index (χ2n) is 3.71. The smallest absolute Gasteiger partial charge is 0.262 e. The van der Waals surface area contributed by atoms with Crippen molar-refractivity contribution in [2.24, 2.45) is 7.05 Å². The van der Waals surface area contributed by atoms with Gasteiger partial charge in [0.1, 0.15) is 5.82 Å². The van der Waals surface area contributed by atoms with E-state index in [2.05, 4.69) is 4.98 Å². The van der Waals surface area contributed by atoms with Crippen molar-refractivity contribution < 1.29 is 13.5 Å². The van der Waals surface area contributed by atoms with Gasteiger partial charge >= 0.3 is 0 Å². The van der Waals surface area contributed by atoms with Crippen molar-refractivity contribution in [1.82, 2.24) is 13.9 Å². The lowest BCUT2D eigenvalue weighted by atomic mass is 10.2. The lowest BCUT2D eigenvalue weighted by Crippen LogP contribution is -2.53. The minimum absolute atomic E-state index is 0.0504. The van der Waals surface area contributed by atoms with Crippen LogP contribution in [0.5, 0.6) is 0 Å². The Morgan fingerprint density at radius 3 is 2.53 bits per heavy atom. The van der Waals surface area contributed by atoms with E-state index < -0.39 is 16.1 Å². The summed E-state index contributed by atoms with van der Waals surface area (Å²) >= 11 is 0. The molecule has 2 heterocycles. The van der Waals surface area contributed by atoms with E-state index in [9.17, 15) is 8.42 Å². The highest BCUT2D eigenvalue weighted by molar-refractivity contribution is 7.89. The Hall–Kier alpha value is -0.920. The molecule has 0 saturated carbocycles. The van der Waals surface area contributed by atoms with E-state index in [0.717, 1.165) is 0 Å². The third-order valence-electron chi connectivity index (χ3n) is 2.52. The molecule has 0 bridgehead atoms. The highest BCUT2D eigenvalue weighted by Gasteiger charge is 2.37. The van der Waals surface area contributed by atoms with Gasteiger partial charge in [0.05, 0.1) is 6.10 Å². The third-order valence-corrected chi connectivity index (χ3v) is 4.22. The molecule has 0 unspecified atom stereocenters. The molecular weight excluding hydrogens is 218 g/mol. The number of rotatable bonds is 2. The predicted molar refractivity (Wildman–Crippen MR) is 52.7 cm³/mol. The number of hydrogen-bond acceptors (Lipinski definition) is 4. The number of aliphatic hydroxyl groups excluding tert-OH is 1. The Kier molecular flexibility index (Phi) is 2.32. The maximum Gasteiger partial charge on any atom is 0.262 e. The number of sulfonamides is 1. The summed E-state index contributed by atoms with van der Waals surface area (Å²) in [4.78, 5) is 3.96. The number of aryl methyl sites for hydroxylation is 2. The fourth-order valence-electron chi connectivity index (χ4n) is 1.40. The molecule has 0 atom stereocenters. The molecule has 84 valence electrons. The second-order valence-corrected chi connectivity index (χ2v) is 5.60. The van der Waals surface area contributed by atoms with E-state index in [1.807, 2.05) is 0 Å². The monoisotopic (exact) mass is 231 g/mol. The first-order valence-corrected chi connectivity index (χ1v) is 6.03. The zero-order valence-electron chi connectivity index (χ0n) is 8.58. The van der Waals surface area contributed by atoms with Gasteiger partial charge < -0.3 is 9.67 Å². The van der Waals surface area contributed by atoms with E-state index in [0.29, 0.717) is 5.82 Å². The van der Waals surface area contributed by atoms with Crippen LogP contribution >= 0.6 is 0 Å². The number of aliphatic hydroxyl groups is 1. The van der Waals surface area contributed by atoms with E-state index in [1.165, 1.54) is 10.5 Å². The van der Waals surface area contributed by atoms with Gasteiger partial charge in [-0.15, -0.1) is 0 Å². The molecule has 1 aliphatic rings. The van der Waals surface area contributed by atoms with Gasteiger partial charge in [-0.25, -0.2) is 13.4 Å². The van der Waals surface area contributed by atoms with Crippen LogP contribution in [0.2, 0.25) is 0 Å². The minimum atomic E-state index is -3.50. The Balaban J connectivity index is 2.30. The first kappa shape index (κ1) is 10.6. The van der Waals surface area contributed by atoms with Crippen molar-refractivity contribution in [3.8, 4) is 0 Å². The highest BCUT2D eigenvalue weighted by Crippen LogP contribution is 2.20. The van der Waals surface area contributed by atoms with Crippen LogP contribution in [0.15, 0.2) is 11.2 Å². The topological polar surface area (TPSA) is 75.4 Å². The second kappa shape index (κ2) is 3.29. The van der Waals surface area contributed by atoms with Gasteiger partial charge in [0.15, 0.2) is 5.03 Å². The fourth-order valence-corrected chi connectivity index (χ4v) is 2.94. The van der Waals surface area contributed by atoms with Crippen LogP contribution in [-0.4, -0.2) is 46.6 Å². The molecule has 0 aromatic carbocycles. The van der Waals surface area contributed by atoms with Crippen molar-refractivity contribution in [3.05, 3.63) is 12.0 Å². The summed E-state index contributed by atoms with van der Waals surface area (Å²) in [7, 11) is -1.75. The third kappa shape index (κ3) is 1.66. The molecule has 1 aromatic rings. The zero-order valence-corrected chi connectivity index (χ0v) is 9.40. The molecule has 6 nitrogen and oxygen atoms in total. The van der Waals surface area contributed by atoms with Crippen LogP contribution in [0.4, 0.5) is 0 Å². The molecule has 1 aliphatic heterocycles. The number of nitrogens with zero attached hydrogens (tertiary/aromatic N) is 3. The Morgan fingerprint density at radius 2 is 2.13 bits per heavy atom. The van der Waals surface area contributed by atoms with Gasteiger partial charge in [0.2, 0.25) is 0 Å². The maximum atomic E-state index is 11.9. The number of imidazole rings is 1. The summed E-state index contributed by atoms with van der Waals surface area (Å²) in [5.41, 5.74) is 0. The zero-order chi connectivity index (χ0) is 11.2. The molecule has 0 aliphatic carbocycles. The molecule has 2 rings (SSSR count). The van der Waals surface area contributed by atoms with Gasteiger partial charge in [-0.2, -0.15) is 4.31 Å². The summed E-state index contributed by atoms with van der Waals surface area (Å²) in [6.45, 7) is 2.07. The van der Waals surface area contributed by atoms with Crippen LogP contribution in [0.25, 0.3) is 0 Å². The Labute approximate surface area is 88.2 Å². The van der Waals surface area contributed by atoms with E-state index in [-0.39, 0.29) is 18.1 Å². The predicted octanol–water partition coefficient (Wildman–Crippen LogP) is -0.906. The average molecular weight is 231 g/mol. The van der Waals surface area contributed by atoms with E-state index >= 15 is 0 Å². The van der Waals surface area contributed by atoms with Crippen LogP contribution in [0.3, 0.4) is 0 Å². The summed E-state index contributed by atoms with van der Waals surface area (Å²) in [5.74, 6) is 0.648. The molecule has 0 radical (unpaired) electrons. The number of hydrogen-bond donors (Lipinski definition) is 1. The molecule has 1 N–H and O–H groups in total. The van der Waals surface area contributed by atoms with Gasteiger partial charge in [0, 0.05) is 26.3 Å². The molecular formula is C8H13N3O3S. The lowest BCUT2D eigenvalue weighted by molar-refractivity contribution is 0.0546. The van der Waals surface area contributed by atoms with Crippen molar-refractivity contribution >= 4 is 10.0 Å². The van der Waals surface area contributed by atoms with Crippen LogP contribution in [-0.2, 0) is 17.1 Å². The average Bonchev–Trinajstić information content (AvgIpc) is 2.42. The molecule has 1 aromatic heterocycles. The quantitative estimate of drug-likeness (QED) is 0.715. The van der Waals surface area contributed by atoms with Gasteiger partial charge in [0.25, 0.3) is 10.0 Å². The normalized spacial score (nSPS) is 19.1. The maximum absolute atomic E-state index is 11.9.